The van der Waals surface area contributed by atoms with Gasteiger partial charge in [0.05, 0.1) is 22.2 Å². The zero-order valence-electron chi connectivity index (χ0n) is 15.8. The van der Waals surface area contributed by atoms with Crippen molar-refractivity contribution in [1.82, 2.24) is 4.98 Å². The van der Waals surface area contributed by atoms with E-state index in [0.29, 0.717) is 5.92 Å². The molecule has 0 saturated heterocycles. The van der Waals surface area contributed by atoms with E-state index in [0.717, 1.165) is 38.5 Å². The van der Waals surface area contributed by atoms with E-state index in [1.807, 2.05) is 11.3 Å². The maximum absolute atomic E-state index is 9.54. The normalized spacial score (nSPS) is 24.5. The SMILES string of the molecule is CCCCCc1nc2c(s1)-c1ccc([C@@H]3CC[C@](N)(CO)C3)cc1CC2. The number of aryl methyl sites for hydroxylation is 3. The quantitative estimate of drug-likeness (QED) is 0.731. The average molecular weight is 371 g/mol. The first-order valence-electron chi connectivity index (χ1n) is 10.1. The van der Waals surface area contributed by atoms with E-state index in [1.165, 1.54) is 51.5 Å². The zero-order valence-corrected chi connectivity index (χ0v) is 16.6. The number of thiazole rings is 1. The smallest absolute Gasteiger partial charge is 0.0934 e. The molecule has 1 saturated carbocycles. The molecule has 4 rings (SSSR count). The van der Waals surface area contributed by atoms with Gasteiger partial charge < -0.3 is 10.8 Å². The first kappa shape index (κ1) is 18.1. The molecule has 0 unspecified atom stereocenters. The molecule has 3 N–H and O–H groups in total. The van der Waals surface area contributed by atoms with Crippen molar-refractivity contribution in [3.8, 4) is 10.4 Å². The van der Waals surface area contributed by atoms with Crippen molar-refractivity contribution in [2.45, 2.75) is 76.2 Å². The van der Waals surface area contributed by atoms with Gasteiger partial charge in [0.1, 0.15) is 0 Å². The molecule has 0 spiro atoms. The van der Waals surface area contributed by atoms with Gasteiger partial charge in [0.2, 0.25) is 0 Å². The average Bonchev–Trinajstić information content (AvgIpc) is 3.25. The summed E-state index contributed by atoms with van der Waals surface area (Å²) in [4.78, 5) is 6.33. The van der Waals surface area contributed by atoms with Crippen molar-refractivity contribution < 1.29 is 5.11 Å². The molecule has 3 nitrogen and oxygen atoms in total. The van der Waals surface area contributed by atoms with Gasteiger partial charge in [-0.2, -0.15) is 0 Å². The minimum absolute atomic E-state index is 0.0967. The summed E-state index contributed by atoms with van der Waals surface area (Å²) in [7, 11) is 0. The molecule has 0 bridgehead atoms. The number of benzene rings is 1. The Morgan fingerprint density at radius 1 is 1.31 bits per heavy atom. The second-order valence-corrected chi connectivity index (χ2v) is 9.30. The zero-order chi connectivity index (χ0) is 18.1. The maximum atomic E-state index is 9.54. The van der Waals surface area contributed by atoms with Crippen LogP contribution in [0.5, 0.6) is 0 Å². The lowest BCUT2D eigenvalue weighted by atomic mass is 9.87. The standard InChI is InChI=1S/C22H30N2OS/c1-2-3-4-5-20-24-19-9-7-16-12-15(6-8-18(16)21(19)26-20)17-10-11-22(23,13-17)14-25/h6,8,12,17,25H,2-5,7,9-11,13-14,23H2,1H3/t17-,22-/m1/s1. The largest absolute Gasteiger partial charge is 0.394 e. The highest BCUT2D eigenvalue weighted by molar-refractivity contribution is 7.15. The fraction of sp³-hybridized carbons (Fsp3) is 0.591. The van der Waals surface area contributed by atoms with Crippen molar-refractivity contribution in [3.05, 3.63) is 40.0 Å². The Bertz CT molecular complexity index is 784. The van der Waals surface area contributed by atoms with Gasteiger partial charge in [0.15, 0.2) is 0 Å². The highest BCUT2D eigenvalue weighted by atomic mass is 32.1. The topological polar surface area (TPSA) is 59.1 Å². The molecule has 2 aromatic rings. The number of nitrogens with zero attached hydrogens (tertiary/aromatic N) is 1. The molecular weight excluding hydrogens is 340 g/mol. The number of aliphatic hydroxyl groups is 1. The Balaban J connectivity index is 1.55. The fourth-order valence-electron chi connectivity index (χ4n) is 4.55. The first-order chi connectivity index (χ1) is 12.6. The van der Waals surface area contributed by atoms with Gasteiger partial charge in [-0.05, 0) is 67.6 Å². The lowest BCUT2D eigenvalue weighted by Crippen LogP contribution is -2.40. The van der Waals surface area contributed by atoms with Crippen molar-refractivity contribution >= 4 is 11.3 Å². The van der Waals surface area contributed by atoms with Crippen LogP contribution in [0.3, 0.4) is 0 Å². The Morgan fingerprint density at radius 2 is 2.19 bits per heavy atom. The third-order valence-electron chi connectivity index (χ3n) is 6.17. The number of fused-ring (bicyclic) bond motifs is 3. The van der Waals surface area contributed by atoms with Gasteiger partial charge in [-0.3, -0.25) is 0 Å². The van der Waals surface area contributed by atoms with Gasteiger partial charge in [0, 0.05) is 5.54 Å². The molecule has 2 aliphatic rings. The van der Waals surface area contributed by atoms with Crippen molar-refractivity contribution in [3.63, 3.8) is 0 Å². The number of unbranched alkanes of at least 4 members (excludes halogenated alkanes) is 2. The number of hydrogen-bond donors (Lipinski definition) is 2. The van der Waals surface area contributed by atoms with E-state index in [1.54, 1.807) is 0 Å². The molecule has 2 atom stereocenters. The van der Waals surface area contributed by atoms with E-state index in [4.69, 9.17) is 10.7 Å². The maximum Gasteiger partial charge on any atom is 0.0934 e. The highest BCUT2D eigenvalue weighted by Crippen LogP contribution is 2.43. The van der Waals surface area contributed by atoms with Crippen LogP contribution in [0.25, 0.3) is 10.4 Å². The molecule has 1 heterocycles. The molecule has 1 fully saturated rings. The van der Waals surface area contributed by atoms with Crippen LogP contribution >= 0.6 is 11.3 Å². The van der Waals surface area contributed by atoms with Crippen LogP contribution in [-0.4, -0.2) is 22.2 Å². The summed E-state index contributed by atoms with van der Waals surface area (Å²) >= 11 is 1.91. The predicted molar refractivity (Wildman–Crippen MR) is 109 cm³/mol. The third-order valence-corrected chi connectivity index (χ3v) is 7.36. The summed E-state index contributed by atoms with van der Waals surface area (Å²) in [5.41, 5.74) is 11.5. The van der Waals surface area contributed by atoms with Gasteiger partial charge in [0.25, 0.3) is 0 Å². The third kappa shape index (κ3) is 3.47. The summed E-state index contributed by atoms with van der Waals surface area (Å²) in [5, 5.41) is 10.9. The van der Waals surface area contributed by atoms with Crippen LogP contribution in [-0.2, 0) is 19.3 Å². The van der Waals surface area contributed by atoms with Crippen molar-refractivity contribution in [2.75, 3.05) is 6.61 Å². The molecule has 26 heavy (non-hydrogen) atoms. The summed E-state index contributed by atoms with van der Waals surface area (Å²) in [6, 6.07) is 7.01. The summed E-state index contributed by atoms with van der Waals surface area (Å²) in [5.74, 6) is 0.491. The Morgan fingerprint density at radius 3 is 2.96 bits per heavy atom. The molecule has 1 aromatic carbocycles. The Hall–Kier alpha value is -1.23. The molecule has 4 heteroatoms. The summed E-state index contributed by atoms with van der Waals surface area (Å²) in [6.45, 7) is 2.35. The predicted octanol–water partition coefficient (Wildman–Crippen LogP) is 4.60. The highest BCUT2D eigenvalue weighted by Gasteiger charge is 2.36. The van der Waals surface area contributed by atoms with Crippen molar-refractivity contribution in [2.24, 2.45) is 5.73 Å². The van der Waals surface area contributed by atoms with E-state index < -0.39 is 0 Å². The molecule has 0 aliphatic heterocycles. The van der Waals surface area contributed by atoms with Crippen LogP contribution in [0.4, 0.5) is 0 Å². The van der Waals surface area contributed by atoms with E-state index >= 15 is 0 Å². The molecular formula is C22H30N2OS. The lowest BCUT2D eigenvalue weighted by Gasteiger charge is -2.22. The van der Waals surface area contributed by atoms with E-state index in [-0.39, 0.29) is 12.1 Å². The number of aromatic nitrogens is 1. The first-order valence-corrected chi connectivity index (χ1v) is 10.9. The van der Waals surface area contributed by atoms with E-state index in [9.17, 15) is 5.11 Å². The number of hydrogen-bond acceptors (Lipinski definition) is 4. The minimum Gasteiger partial charge on any atom is -0.394 e. The van der Waals surface area contributed by atoms with E-state index in [2.05, 4.69) is 25.1 Å². The monoisotopic (exact) mass is 370 g/mol. The fourth-order valence-corrected chi connectivity index (χ4v) is 5.76. The molecule has 140 valence electrons. The van der Waals surface area contributed by atoms with Crippen LogP contribution in [0.15, 0.2) is 18.2 Å². The van der Waals surface area contributed by atoms with Gasteiger partial charge in [-0.15, -0.1) is 11.3 Å². The molecule has 1 aromatic heterocycles. The Labute approximate surface area is 160 Å². The second-order valence-electron chi connectivity index (χ2n) is 8.22. The molecule has 0 radical (unpaired) electrons. The van der Waals surface area contributed by atoms with Gasteiger partial charge in [-0.1, -0.05) is 38.0 Å². The van der Waals surface area contributed by atoms with Crippen LogP contribution < -0.4 is 5.73 Å². The summed E-state index contributed by atoms with van der Waals surface area (Å²) in [6.07, 6.45) is 10.0. The molecule has 0 amide bonds. The van der Waals surface area contributed by atoms with Gasteiger partial charge >= 0.3 is 0 Å². The summed E-state index contributed by atoms with van der Waals surface area (Å²) < 4.78 is 0. The molecule has 2 aliphatic carbocycles. The van der Waals surface area contributed by atoms with Crippen LogP contribution in [0.1, 0.15) is 73.2 Å². The number of aliphatic hydroxyl groups excluding tert-OH is 1. The number of rotatable bonds is 6. The lowest BCUT2D eigenvalue weighted by molar-refractivity contribution is 0.198. The van der Waals surface area contributed by atoms with Crippen LogP contribution in [0.2, 0.25) is 0 Å². The Kier molecular flexibility index (Phi) is 5.18. The minimum atomic E-state index is -0.376. The van der Waals surface area contributed by atoms with Crippen LogP contribution in [0, 0.1) is 0 Å². The number of nitrogens with two attached hydrogens (primary N) is 1. The van der Waals surface area contributed by atoms with Gasteiger partial charge in [-0.25, -0.2) is 4.98 Å². The second kappa shape index (κ2) is 7.41. The van der Waals surface area contributed by atoms with Crippen molar-refractivity contribution in [1.29, 1.82) is 0 Å².